The molecule has 2 unspecified atom stereocenters. The van der Waals surface area contributed by atoms with Gasteiger partial charge in [-0.25, -0.2) is 0 Å². The molecule has 3 rings (SSSR count). The number of aromatic hydroxyl groups is 1. The Morgan fingerprint density at radius 1 is 1.26 bits per heavy atom. The van der Waals surface area contributed by atoms with Crippen molar-refractivity contribution < 1.29 is 5.11 Å². The molecule has 1 aliphatic heterocycles. The number of nitrogens with zero attached hydrogens (tertiary/aromatic N) is 2. The number of aryl methyl sites for hydroxylation is 1. The van der Waals surface area contributed by atoms with Gasteiger partial charge in [0.2, 0.25) is 0 Å². The van der Waals surface area contributed by atoms with E-state index >= 15 is 0 Å². The Labute approximate surface area is 115 Å². The molecular formula is C16H24N2O. The number of phenols is 1. The van der Waals surface area contributed by atoms with Crippen molar-refractivity contribution in [3.8, 4) is 5.75 Å². The molecule has 0 aromatic heterocycles. The first-order valence-corrected chi connectivity index (χ1v) is 7.41. The number of benzene rings is 1. The number of phenolic OH excluding ortho intramolecular Hbond substituents is 1. The molecule has 2 atom stereocenters. The first-order chi connectivity index (χ1) is 9.15. The second-order valence-electron chi connectivity index (χ2n) is 6.14. The zero-order valence-corrected chi connectivity index (χ0v) is 12.0. The summed E-state index contributed by atoms with van der Waals surface area (Å²) >= 11 is 0. The molecule has 104 valence electrons. The van der Waals surface area contributed by atoms with E-state index in [1.54, 1.807) is 0 Å². The maximum atomic E-state index is 9.60. The molecule has 19 heavy (non-hydrogen) atoms. The lowest BCUT2D eigenvalue weighted by atomic mass is 10.0. The van der Waals surface area contributed by atoms with Gasteiger partial charge in [0.25, 0.3) is 0 Å². The first-order valence-electron chi connectivity index (χ1n) is 7.41. The average Bonchev–Trinajstić information content (AvgIpc) is 2.69. The molecule has 0 radical (unpaired) electrons. The van der Waals surface area contributed by atoms with Crippen molar-refractivity contribution in [1.82, 2.24) is 9.80 Å². The average molecular weight is 260 g/mol. The number of fused-ring (bicyclic) bond motifs is 1. The zero-order valence-electron chi connectivity index (χ0n) is 12.0. The van der Waals surface area contributed by atoms with Crippen LogP contribution in [0.15, 0.2) is 18.2 Å². The highest BCUT2D eigenvalue weighted by Gasteiger charge is 2.32. The maximum absolute atomic E-state index is 9.60. The monoisotopic (exact) mass is 260 g/mol. The van der Waals surface area contributed by atoms with E-state index in [1.165, 1.54) is 37.1 Å². The van der Waals surface area contributed by atoms with Crippen molar-refractivity contribution in [1.29, 1.82) is 0 Å². The van der Waals surface area contributed by atoms with Crippen LogP contribution in [0.4, 0.5) is 0 Å². The molecule has 0 bridgehead atoms. The second-order valence-corrected chi connectivity index (χ2v) is 6.14. The van der Waals surface area contributed by atoms with Gasteiger partial charge in [0.1, 0.15) is 5.75 Å². The summed E-state index contributed by atoms with van der Waals surface area (Å²) in [5.74, 6) is 0.406. The Balaban J connectivity index is 1.84. The molecule has 1 saturated heterocycles. The largest absolute Gasteiger partial charge is 0.508 e. The van der Waals surface area contributed by atoms with Crippen molar-refractivity contribution in [3.05, 3.63) is 29.3 Å². The minimum Gasteiger partial charge on any atom is -0.508 e. The molecule has 3 heteroatoms. The van der Waals surface area contributed by atoms with Gasteiger partial charge < -0.3 is 10.0 Å². The Kier molecular flexibility index (Phi) is 3.50. The minimum absolute atomic E-state index is 0.406. The van der Waals surface area contributed by atoms with Crippen LogP contribution in [-0.2, 0) is 6.42 Å². The molecular weight excluding hydrogens is 236 g/mol. The fourth-order valence-corrected chi connectivity index (χ4v) is 3.78. The third-order valence-electron chi connectivity index (χ3n) is 4.67. The van der Waals surface area contributed by atoms with Crippen LogP contribution in [0.25, 0.3) is 0 Å². The summed E-state index contributed by atoms with van der Waals surface area (Å²) in [6, 6.07) is 7.08. The highest BCUT2D eigenvalue weighted by molar-refractivity contribution is 5.40. The van der Waals surface area contributed by atoms with Gasteiger partial charge in [-0.2, -0.15) is 0 Å². The van der Waals surface area contributed by atoms with Crippen molar-refractivity contribution in [2.24, 2.45) is 0 Å². The minimum atomic E-state index is 0.406. The van der Waals surface area contributed by atoms with E-state index in [4.69, 9.17) is 0 Å². The normalized spacial score (nSPS) is 29.2. The maximum Gasteiger partial charge on any atom is 0.115 e. The number of rotatable bonds is 1. The third-order valence-corrected chi connectivity index (χ3v) is 4.67. The van der Waals surface area contributed by atoms with Crippen LogP contribution in [-0.4, -0.2) is 47.6 Å². The van der Waals surface area contributed by atoms with Crippen LogP contribution >= 0.6 is 0 Å². The Morgan fingerprint density at radius 3 is 2.95 bits per heavy atom. The highest BCUT2D eigenvalue weighted by Crippen LogP contribution is 2.38. The van der Waals surface area contributed by atoms with Gasteiger partial charge in [-0.15, -0.1) is 0 Å². The van der Waals surface area contributed by atoms with E-state index in [2.05, 4.69) is 29.8 Å². The second kappa shape index (κ2) is 5.14. The van der Waals surface area contributed by atoms with Crippen molar-refractivity contribution in [2.75, 3.05) is 26.7 Å². The van der Waals surface area contributed by atoms with Gasteiger partial charge in [-0.05, 0) is 63.0 Å². The molecule has 1 aromatic rings. The predicted octanol–water partition coefficient (Wildman–Crippen LogP) is 2.41. The fourth-order valence-electron chi connectivity index (χ4n) is 3.78. The molecule has 1 aromatic carbocycles. The van der Waals surface area contributed by atoms with Crippen LogP contribution in [0, 0.1) is 0 Å². The Morgan fingerprint density at radius 2 is 2.11 bits per heavy atom. The van der Waals surface area contributed by atoms with Crippen molar-refractivity contribution in [2.45, 2.75) is 38.3 Å². The van der Waals surface area contributed by atoms with Gasteiger partial charge in [0, 0.05) is 25.2 Å². The molecule has 1 fully saturated rings. The summed E-state index contributed by atoms with van der Waals surface area (Å²) in [6.07, 6.45) is 3.56. The van der Waals surface area contributed by atoms with Gasteiger partial charge in [-0.1, -0.05) is 6.07 Å². The van der Waals surface area contributed by atoms with Gasteiger partial charge in [0.15, 0.2) is 0 Å². The van der Waals surface area contributed by atoms with Gasteiger partial charge in [-0.3, -0.25) is 4.90 Å². The standard InChI is InChI=1S/C16H24N2O/c1-12-11-17(2)8-3-9-18(12)16-7-4-13-10-14(19)5-6-15(13)16/h5-6,10,12,16,19H,3-4,7-9,11H2,1-2H3. The van der Waals surface area contributed by atoms with Crippen LogP contribution in [0.5, 0.6) is 5.75 Å². The van der Waals surface area contributed by atoms with Gasteiger partial charge in [0.05, 0.1) is 0 Å². The highest BCUT2D eigenvalue weighted by atomic mass is 16.3. The molecule has 0 saturated carbocycles. The van der Waals surface area contributed by atoms with E-state index in [1.807, 2.05) is 12.1 Å². The quantitative estimate of drug-likeness (QED) is 0.840. The smallest absolute Gasteiger partial charge is 0.115 e. The van der Waals surface area contributed by atoms with Crippen molar-refractivity contribution >= 4 is 0 Å². The Bertz CT molecular complexity index is 460. The molecule has 1 N–H and O–H groups in total. The predicted molar refractivity (Wildman–Crippen MR) is 77.5 cm³/mol. The summed E-state index contributed by atoms with van der Waals surface area (Å²) < 4.78 is 0. The molecule has 1 heterocycles. The van der Waals surface area contributed by atoms with Crippen LogP contribution in [0.3, 0.4) is 0 Å². The lowest BCUT2D eigenvalue weighted by Crippen LogP contribution is -2.39. The summed E-state index contributed by atoms with van der Waals surface area (Å²) in [5, 5.41) is 9.60. The summed E-state index contributed by atoms with van der Waals surface area (Å²) in [6.45, 7) is 5.90. The summed E-state index contributed by atoms with van der Waals surface area (Å²) in [4.78, 5) is 5.11. The first kappa shape index (κ1) is 12.9. The Hall–Kier alpha value is -1.06. The lowest BCUT2D eigenvalue weighted by Gasteiger charge is -2.34. The number of likely N-dealkylation sites (N-methyl/N-ethyl adjacent to an activating group) is 1. The number of hydrogen-bond donors (Lipinski definition) is 1. The molecule has 0 spiro atoms. The van der Waals surface area contributed by atoms with E-state index in [-0.39, 0.29) is 0 Å². The van der Waals surface area contributed by atoms with Crippen LogP contribution in [0.1, 0.15) is 36.9 Å². The number of hydrogen-bond acceptors (Lipinski definition) is 3. The van der Waals surface area contributed by atoms with Crippen LogP contribution < -0.4 is 0 Å². The topological polar surface area (TPSA) is 26.7 Å². The summed E-state index contributed by atoms with van der Waals surface area (Å²) in [7, 11) is 2.22. The SMILES string of the molecule is CC1CN(C)CCCN1C1CCc2cc(O)ccc21. The van der Waals surface area contributed by atoms with Crippen LogP contribution in [0.2, 0.25) is 0 Å². The van der Waals surface area contributed by atoms with E-state index in [0.717, 1.165) is 13.0 Å². The molecule has 1 aliphatic carbocycles. The molecule has 0 amide bonds. The van der Waals surface area contributed by atoms with E-state index in [9.17, 15) is 5.11 Å². The zero-order chi connectivity index (χ0) is 13.4. The molecule has 2 aliphatic rings. The van der Waals surface area contributed by atoms with E-state index < -0.39 is 0 Å². The fraction of sp³-hybridized carbons (Fsp3) is 0.625. The third kappa shape index (κ3) is 2.49. The van der Waals surface area contributed by atoms with E-state index in [0.29, 0.717) is 17.8 Å². The molecule has 3 nitrogen and oxygen atoms in total. The summed E-state index contributed by atoms with van der Waals surface area (Å²) in [5.41, 5.74) is 2.78. The van der Waals surface area contributed by atoms with Gasteiger partial charge >= 0.3 is 0 Å². The lowest BCUT2D eigenvalue weighted by molar-refractivity contribution is 0.142. The van der Waals surface area contributed by atoms with Crippen molar-refractivity contribution in [3.63, 3.8) is 0 Å².